The number of aromatic nitrogens is 4. The van der Waals surface area contributed by atoms with E-state index in [4.69, 9.17) is 14.7 Å². The van der Waals surface area contributed by atoms with E-state index in [1.54, 1.807) is 10.9 Å². The van der Waals surface area contributed by atoms with Crippen LogP contribution in [-0.2, 0) is 19.9 Å². The van der Waals surface area contributed by atoms with Crippen molar-refractivity contribution in [2.45, 2.75) is 57.0 Å². The molecule has 0 aliphatic carbocycles. The standard InChI is InChI=1S/C31H38N6O2S/c1-5-25-29(27-9-7-6-8-22(27)16-20(2)3)34-31(36-40-24-17-33-37(4)19-24)35-30(25)39-23-12-10-21(11-13-23)26-14-15-32-18-28(26)38/h6-13,17,19-20,26,28,32,38H,5,14-16,18H2,1-4H3,(H,34,35,36). The molecule has 0 amide bonds. The van der Waals surface area contributed by atoms with Crippen molar-refractivity contribution in [2.75, 3.05) is 17.8 Å². The number of aliphatic hydroxyl groups is 1. The number of hydrogen-bond acceptors (Lipinski definition) is 8. The molecular formula is C31H38N6O2S. The first kappa shape index (κ1) is 28.1. The summed E-state index contributed by atoms with van der Waals surface area (Å²) in [6, 6.07) is 16.5. The topological polar surface area (TPSA) is 97.1 Å². The van der Waals surface area contributed by atoms with Crippen LogP contribution in [0, 0.1) is 5.92 Å². The summed E-state index contributed by atoms with van der Waals surface area (Å²) in [4.78, 5) is 10.8. The van der Waals surface area contributed by atoms with Gasteiger partial charge in [0.1, 0.15) is 5.75 Å². The van der Waals surface area contributed by atoms with Crippen LogP contribution in [0.4, 0.5) is 5.95 Å². The Kier molecular flexibility index (Phi) is 9.04. The lowest BCUT2D eigenvalue weighted by atomic mass is 9.88. The maximum Gasteiger partial charge on any atom is 0.237 e. The maximum atomic E-state index is 10.5. The average Bonchev–Trinajstić information content (AvgIpc) is 3.37. The van der Waals surface area contributed by atoms with Crippen LogP contribution in [-0.4, -0.2) is 44.0 Å². The molecule has 0 radical (unpaired) electrons. The highest BCUT2D eigenvalue weighted by Gasteiger charge is 2.25. The summed E-state index contributed by atoms with van der Waals surface area (Å²) in [5.41, 5.74) is 5.33. The highest BCUT2D eigenvalue weighted by Crippen LogP contribution is 2.36. The van der Waals surface area contributed by atoms with Gasteiger partial charge in [0, 0.05) is 36.8 Å². The number of ether oxygens (including phenoxy) is 1. The van der Waals surface area contributed by atoms with Crippen LogP contribution in [0.15, 0.2) is 65.8 Å². The second kappa shape index (κ2) is 12.8. The highest BCUT2D eigenvalue weighted by atomic mass is 32.2. The number of aryl methyl sites for hydroxylation is 1. The number of nitrogens with one attached hydrogen (secondary N) is 2. The number of rotatable bonds is 10. The van der Waals surface area contributed by atoms with Crippen LogP contribution >= 0.6 is 11.9 Å². The van der Waals surface area contributed by atoms with Crippen molar-refractivity contribution in [2.24, 2.45) is 13.0 Å². The molecule has 0 bridgehead atoms. The molecular weight excluding hydrogens is 520 g/mol. The Morgan fingerprint density at radius 1 is 1.15 bits per heavy atom. The Morgan fingerprint density at radius 3 is 2.65 bits per heavy atom. The van der Waals surface area contributed by atoms with Crippen LogP contribution in [0.5, 0.6) is 11.6 Å². The Labute approximate surface area is 240 Å². The van der Waals surface area contributed by atoms with Gasteiger partial charge in [-0.3, -0.25) is 9.40 Å². The third kappa shape index (κ3) is 6.66. The molecule has 2 aromatic heterocycles. The number of piperidine rings is 1. The second-order valence-corrected chi connectivity index (χ2v) is 11.6. The summed E-state index contributed by atoms with van der Waals surface area (Å²) < 4.78 is 11.5. The lowest BCUT2D eigenvalue weighted by molar-refractivity contribution is 0.118. The van der Waals surface area contributed by atoms with Gasteiger partial charge in [0.2, 0.25) is 11.8 Å². The van der Waals surface area contributed by atoms with Gasteiger partial charge in [0.15, 0.2) is 0 Å². The molecule has 3 N–H and O–H groups in total. The molecule has 2 atom stereocenters. The molecule has 1 aliphatic rings. The number of aliphatic hydroxyl groups excluding tert-OH is 1. The molecule has 2 aromatic carbocycles. The smallest absolute Gasteiger partial charge is 0.237 e. The third-order valence-electron chi connectivity index (χ3n) is 7.14. The van der Waals surface area contributed by atoms with Crippen LogP contribution in [0.25, 0.3) is 11.3 Å². The van der Waals surface area contributed by atoms with Gasteiger partial charge in [-0.05, 0) is 66.9 Å². The number of benzene rings is 2. The number of nitrogens with zero attached hydrogens (tertiary/aromatic N) is 4. The quantitative estimate of drug-likeness (QED) is 0.204. The van der Waals surface area contributed by atoms with E-state index in [1.807, 2.05) is 25.4 Å². The zero-order valence-corrected chi connectivity index (χ0v) is 24.4. The molecule has 4 aromatic rings. The minimum absolute atomic E-state index is 0.130. The second-order valence-electron chi connectivity index (χ2n) is 10.7. The molecule has 210 valence electrons. The molecule has 1 fully saturated rings. The van der Waals surface area contributed by atoms with E-state index in [0.717, 1.165) is 53.1 Å². The van der Waals surface area contributed by atoms with Crippen molar-refractivity contribution < 1.29 is 9.84 Å². The summed E-state index contributed by atoms with van der Waals surface area (Å²) in [7, 11) is 1.89. The first-order valence-corrected chi connectivity index (χ1v) is 14.8. The number of anilines is 1. The Hall–Kier alpha value is -3.40. The number of β-amino-alcohol motifs (C(OH)–C–C–N with tert-alkyl or cyclic N) is 1. The van der Waals surface area contributed by atoms with E-state index in [1.165, 1.54) is 17.5 Å². The molecule has 9 heteroatoms. The number of hydrogen-bond donors (Lipinski definition) is 3. The van der Waals surface area contributed by atoms with Gasteiger partial charge in [-0.1, -0.05) is 57.2 Å². The fourth-order valence-corrected chi connectivity index (χ4v) is 5.79. The van der Waals surface area contributed by atoms with E-state index >= 15 is 0 Å². The van der Waals surface area contributed by atoms with Crippen molar-refractivity contribution in [1.82, 2.24) is 25.1 Å². The van der Waals surface area contributed by atoms with Gasteiger partial charge in [-0.15, -0.1) is 0 Å². The third-order valence-corrected chi connectivity index (χ3v) is 7.87. The lowest BCUT2D eigenvalue weighted by Gasteiger charge is -2.28. The van der Waals surface area contributed by atoms with Gasteiger partial charge < -0.3 is 15.2 Å². The summed E-state index contributed by atoms with van der Waals surface area (Å²) in [5.74, 6) is 2.36. The molecule has 40 heavy (non-hydrogen) atoms. The molecule has 1 saturated heterocycles. The van der Waals surface area contributed by atoms with E-state index in [9.17, 15) is 5.11 Å². The summed E-state index contributed by atoms with van der Waals surface area (Å²) >= 11 is 1.42. The zero-order chi connectivity index (χ0) is 28.1. The first-order valence-electron chi connectivity index (χ1n) is 14.0. The maximum absolute atomic E-state index is 10.5. The normalized spacial score (nSPS) is 17.2. The van der Waals surface area contributed by atoms with Crippen LogP contribution < -0.4 is 14.8 Å². The fourth-order valence-electron chi connectivity index (χ4n) is 5.19. The van der Waals surface area contributed by atoms with E-state index in [2.05, 4.69) is 72.3 Å². The van der Waals surface area contributed by atoms with E-state index in [0.29, 0.717) is 30.0 Å². The molecule has 1 aliphatic heterocycles. The van der Waals surface area contributed by atoms with Crippen LogP contribution in [0.3, 0.4) is 0 Å². The summed E-state index contributed by atoms with van der Waals surface area (Å²) in [6.07, 6.45) is 5.95. The monoisotopic (exact) mass is 558 g/mol. The predicted octanol–water partition coefficient (Wildman–Crippen LogP) is 5.99. The molecule has 0 spiro atoms. The summed E-state index contributed by atoms with van der Waals surface area (Å²) in [5, 5.41) is 18.0. The van der Waals surface area contributed by atoms with Crippen molar-refractivity contribution in [3.8, 4) is 22.9 Å². The lowest BCUT2D eigenvalue weighted by Crippen LogP contribution is -2.39. The first-order chi connectivity index (χ1) is 19.4. The minimum atomic E-state index is -0.381. The van der Waals surface area contributed by atoms with Gasteiger partial charge in [-0.25, -0.2) is 4.98 Å². The predicted molar refractivity (Wildman–Crippen MR) is 161 cm³/mol. The minimum Gasteiger partial charge on any atom is -0.439 e. The Bertz CT molecular complexity index is 1420. The van der Waals surface area contributed by atoms with Crippen LogP contribution in [0.2, 0.25) is 0 Å². The van der Waals surface area contributed by atoms with Gasteiger partial charge in [0.05, 0.1) is 22.9 Å². The summed E-state index contributed by atoms with van der Waals surface area (Å²) in [6.45, 7) is 8.11. The SMILES string of the molecule is CCc1c(Oc2ccc(C3CCNCC3O)cc2)nc(NSc2cnn(C)c2)nc1-c1ccccc1CC(C)C. The molecule has 0 saturated carbocycles. The Balaban J connectivity index is 1.50. The molecule has 2 unspecified atom stereocenters. The highest BCUT2D eigenvalue weighted by molar-refractivity contribution is 8.00. The molecule has 8 nitrogen and oxygen atoms in total. The van der Waals surface area contributed by atoms with Crippen molar-refractivity contribution in [3.63, 3.8) is 0 Å². The average molecular weight is 559 g/mol. The van der Waals surface area contributed by atoms with Crippen LogP contribution in [0.1, 0.15) is 49.8 Å². The van der Waals surface area contributed by atoms with Crippen molar-refractivity contribution in [3.05, 3.63) is 77.6 Å². The van der Waals surface area contributed by atoms with E-state index in [-0.39, 0.29) is 12.0 Å². The van der Waals surface area contributed by atoms with E-state index < -0.39 is 0 Å². The fraction of sp³-hybridized carbons (Fsp3) is 0.387. The van der Waals surface area contributed by atoms with Crippen molar-refractivity contribution in [1.29, 1.82) is 0 Å². The Morgan fingerprint density at radius 2 is 1.95 bits per heavy atom. The molecule has 5 rings (SSSR count). The molecule has 3 heterocycles. The zero-order valence-electron chi connectivity index (χ0n) is 23.6. The largest absolute Gasteiger partial charge is 0.439 e. The van der Waals surface area contributed by atoms with Gasteiger partial charge >= 0.3 is 0 Å². The van der Waals surface area contributed by atoms with Crippen molar-refractivity contribution >= 4 is 17.9 Å². The van der Waals surface area contributed by atoms with Gasteiger partial charge in [-0.2, -0.15) is 10.1 Å². The van der Waals surface area contributed by atoms with Gasteiger partial charge in [0.25, 0.3) is 0 Å².